The van der Waals surface area contributed by atoms with Gasteiger partial charge in [-0.05, 0) is 30.2 Å². The van der Waals surface area contributed by atoms with E-state index in [4.69, 9.17) is 0 Å². The zero-order valence-corrected chi connectivity index (χ0v) is 14.5. The van der Waals surface area contributed by atoms with Crippen LogP contribution < -0.4 is 0 Å². The van der Waals surface area contributed by atoms with Gasteiger partial charge in [-0.2, -0.15) is 0 Å². The molecule has 3 aromatic rings. The monoisotopic (exact) mass is 353 g/mol. The smallest absolute Gasteiger partial charge is 0.158 e. The Morgan fingerprint density at radius 3 is 2.96 bits per heavy atom. The van der Waals surface area contributed by atoms with Gasteiger partial charge in [0, 0.05) is 24.6 Å². The molecule has 4 rings (SSSR count). The van der Waals surface area contributed by atoms with Crippen molar-refractivity contribution in [1.82, 2.24) is 9.97 Å². The van der Waals surface area contributed by atoms with Gasteiger partial charge in [-0.3, -0.25) is 14.8 Å². The van der Waals surface area contributed by atoms with E-state index >= 15 is 0 Å². The number of thioether (sulfide) groups is 1. The summed E-state index contributed by atoms with van der Waals surface area (Å²) >= 11 is 3.27. The average Bonchev–Trinajstić information content (AvgIpc) is 3.27. The molecule has 0 spiro atoms. The molecule has 0 saturated heterocycles. The number of ketones is 1. The van der Waals surface area contributed by atoms with E-state index in [0.29, 0.717) is 6.42 Å². The van der Waals surface area contributed by atoms with Gasteiger partial charge in [-0.1, -0.05) is 18.2 Å². The van der Waals surface area contributed by atoms with Crippen LogP contribution >= 0.6 is 23.1 Å². The van der Waals surface area contributed by atoms with Crippen molar-refractivity contribution >= 4 is 44.1 Å². The van der Waals surface area contributed by atoms with Crippen LogP contribution in [0.2, 0.25) is 0 Å². The van der Waals surface area contributed by atoms with Gasteiger partial charge in [0.1, 0.15) is 16.1 Å². The Labute approximate surface area is 148 Å². The van der Waals surface area contributed by atoms with E-state index in [1.165, 1.54) is 0 Å². The van der Waals surface area contributed by atoms with Gasteiger partial charge in [0.15, 0.2) is 5.78 Å². The van der Waals surface area contributed by atoms with Crippen molar-refractivity contribution in [2.75, 3.05) is 5.75 Å². The Morgan fingerprint density at radius 1 is 1.21 bits per heavy atom. The second kappa shape index (κ2) is 6.83. The Hall–Kier alpha value is -2.05. The van der Waals surface area contributed by atoms with Gasteiger partial charge in [0.2, 0.25) is 0 Å². The molecule has 0 bridgehead atoms. The molecule has 120 valence electrons. The SMILES string of the molecule is O=C(CCc1cccnc1)C1CSC(c2nc3ccccc3s2)=N1. The first kappa shape index (κ1) is 15.5. The fourth-order valence-electron chi connectivity index (χ4n) is 2.60. The fourth-order valence-corrected chi connectivity index (χ4v) is 4.71. The van der Waals surface area contributed by atoms with Gasteiger partial charge in [-0.25, -0.2) is 4.98 Å². The third-order valence-electron chi connectivity index (χ3n) is 3.88. The zero-order chi connectivity index (χ0) is 16.4. The minimum Gasteiger partial charge on any atom is -0.297 e. The summed E-state index contributed by atoms with van der Waals surface area (Å²) in [5.74, 6) is 0.916. The maximum absolute atomic E-state index is 12.4. The number of benzene rings is 1. The number of aryl methyl sites for hydroxylation is 1. The highest BCUT2D eigenvalue weighted by Gasteiger charge is 2.26. The van der Waals surface area contributed by atoms with Crippen molar-refractivity contribution in [3.05, 3.63) is 59.4 Å². The highest BCUT2D eigenvalue weighted by molar-refractivity contribution is 8.15. The van der Waals surface area contributed by atoms with Crippen molar-refractivity contribution in [3.8, 4) is 0 Å². The normalized spacial score (nSPS) is 17.2. The molecule has 1 unspecified atom stereocenters. The van der Waals surface area contributed by atoms with Crippen LogP contribution in [0.1, 0.15) is 17.0 Å². The minimum atomic E-state index is -0.242. The fraction of sp³-hybridized carbons (Fsp3) is 0.222. The van der Waals surface area contributed by atoms with Crippen LogP contribution in [-0.4, -0.2) is 32.6 Å². The van der Waals surface area contributed by atoms with Gasteiger partial charge in [0.05, 0.1) is 10.2 Å². The van der Waals surface area contributed by atoms with E-state index in [-0.39, 0.29) is 11.8 Å². The summed E-state index contributed by atoms with van der Waals surface area (Å²) in [4.78, 5) is 25.8. The van der Waals surface area contributed by atoms with E-state index in [0.717, 1.165) is 38.0 Å². The van der Waals surface area contributed by atoms with Crippen molar-refractivity contribution in [3.63, 3.8) is 0 Å². The number of carbonyl (C=O) groups is 1. The molecule has 0 aliphatic carbocycles. The lowest BCUT2D eigenvalue weighted by molar-refractivity contribution is -0.119. The van der Waals surface area contributed by atoms with Gasteiger partial charge in [-0.15, -0.1) is 23.1 Å². The van der Waals surface area contributed by atoms with Crippen LogP contribution in [0.5, 0.6) is 0 Å². The van der Waals surface area contributed by atoms with Crippen LogP contribution in [-0.2, 0) is 11.2 Å². The van der Waals surface area contributed by atoms with Gasteiger partial charge < -0.3 is 0 Å². The second-order valence-corrected chi connectivity index (χ2v) is 7.61. The van der Waals surface area contributed by atoms with Crippen molar-refractivity contribution in [1.29, 1.82) is 0 Å². The molecule has 2 aromatic heterocycles. The lowest BCUT2D eigenvalue weighted by Gasteiger charge is -2.04. The number of fused-ring (bicyclic) bond motifs is 1. The number of aromatic nitrogens is 2. The molecular weight excluding hydrogens is 338 g/mol. The van der Waals surface area contributed by atoms with Crippen LogP contribution in [0.25, 0.3) is 10.2 Å². The Bertz CT molecular complexity index is 872. The number of Topliss-reactive ketones (excluding diaryl/α,β-unsaturated/α-hetero) is 1. The summed E-state index contributed by atoms with van der Waals surface area (Å²) in [6.45, 7) is 0. The second-order valence-electron chi connectivity index (χ2n) is 5.58. The van der Waals surface area contributed by atoms with Crippen LogP contribution in [0.4, 0.5) is 0 Å². The number of aliphatic imine (C=N–C) groups is 1. The number of pyridine rings is 1. The molecule has 3 heterocycles. The number of thiazole rings is 1. The first-order valence-corrected chi connectivity index (χ1v) is 9.58. The summed E-state index contributed by atoms with van der Waals surface area (Å²) in [6.07, 6.45) is 4.79. The minimum absolute atomic E-state index is 0.197. The summed E-state index contributed by atoms with van der Waals surface area (Å²) in [6, 6.07) is 11.7. The predicted octanol–water partition coefficient (Wildman–Crippen LogP) is 3.76. The lowest BCUT2D eigenvalue weighted by Crippen LogP contribution is -2.19. The van der Waals surface area contributed by atoms with Crippen molar-refractivity contribution in [2.45, 2.75) is 18.9 Å². The molecule has 0 saturated carbocycles. The van der Waals surface area contributed by atoms with Crippen LogP contribution in [0.15, 0.2) is 53.8 Å². The highest BCUT2D eigenvalue weighted by Crippen LogP contribution is 2.30. The van der Waals surface area contributed by atoms with Gasteiger partial charge in [0.25, 0.3) is 0 Å². The molecule has 0 radical (unpaired) electrons. The first-order chi connectivity index (χ1) is 11.8. The van der Waals surface area contributed by atoms with Crippen molar-refractivity contribution < 1.29 is 4.79 Å². The van der Waals surface area contributed by atoms with Crippen LogP contribution in [0, 0.1) is 0 Å². The lowest BCUT2D eigenvalue weighted by atomic mass is 10.1. The first-order valence-electron chi connectivity index (χ1n) is 7.78. The molecule has 24 heavy (non-hydrogen) atoms. The number of rotatable bonds is 5. The van der Waals surface area contributed by atoms with E-state index in [1.54, 1.807) is 29.3 Å². The molecule has 1 aliphatic heterocycles. The largest absolute Gasteiger partial charge is 0.297 e. The third-order valence-corrected chi connectivity index (χ3v) is 6.11. The van der Waals surface area contributed by atoms with E-state index < -0.39 is 0 Å². The number of nitrogens with zero attached hydrogens (tertiary/aromatic N) is 3. The maximum atomic E-state index is 12.4. The van der Waals surface area contributed by atoms with Crippen LogP contribution in [0.3, 0.4) is 0 Å². The number of hydrogen-bond acceptors (Lipinski definition) is 6. The summed E-state index contributed by atoms with van der Waals surface area (Å²) < 4.78 is 1.15. The Balaban J connectivity index is 1.45. The third kappa shape index (κ3) is 3.25. The summed E-state index contributed by atoms with van der Waals surface area (Å²) in [7, 11) is 0. The molecule has 1 aromatic carbocycles. The van der Waals surface area contributed by atoms with Crippen molar-refractivity contribution in [2.24, 2.45) is 4.99 Å². The molecule has 0 amide bonds. The Morgan fingerprint density at radius 2 is 2.12 bits per heavy atom. The predicted molar refractivity (Wildman–Crippen MR) is 100.0 cm³/mol. The van der Waals surface area contributed by atoms with E-state index in [2.05, 4.69) is 21.0 Å². The molecule has 1 atom stereocenters. The quantitative estimate of drug-likeness (QED) is 0.701. The topological polar surface area (TPSA) is 55.2 Å². The zero-order valence-electron chi connectivity index (χ0n) is 12.9. The molecule has 6 heteroatoms. The molecule has 0 fully saturated rings. The standard InChI is InChI=1S/C18H15N3OS2/c22-15(8-7-12-4-3-9-19-10-12)14-11-23-17(21-14)18-20-13-5-1-2-6-16(13)24-18/h1-6,9-10,14H,7-8,11H2. The molecule has 0 N–H and O–H groups in total. The summed E-state index contributed by atoms with van der Waals surface area (Å²) in [5, 5.41) is 1.82. The number of carbonyl (C=O) groups excluding carboxylic acids is 1. The maximum Gasteiger partial charge on any atom is 0.158 e. The highest BCUT2D eigenvalue weighted by atomic mass is 32.2. The number of hydrogen-bond donors (Lipinski definition) is 0. The molecule has 4 nitrogen and oxygen atoms in total. The van der Waals surface area contributed by atoms with E-state index in [1.807, 2.05) is 36.5 Å². The van der Waals surface area contributed by atoms with Gasteiger partial charge >= 0.3 is 0 Å². The number of para-hydroxylation sites is 1. The average molecular weight is 353 g/mol. The Kier molecular flexibility index (Phi) is 4.40. The molecular formula is C18H15N3OS2. The molecule has 1 aliphatic rings. The van der Waals surface area contributed by atoms with E-state index in [9.17, 15) is 4.79 Å². The summed E-state index contributed by atoms with van der Waals surface area (Å²) in [5.41, 5.74) is 2.08.